The molecule has 118 valence electrons. The average molecular weight is 334 g/mol. The van der Waals surface area contributed by atoms with Gasteiger partial charge in [0.25, 0.3) is 5.91 Å². The summed E-state index contributed by atoms with van der Waals surface area (Å²) in [7, 11) is 0. The molecule has 0 saturated carbocycles. The highest BCUT2D eigenvalue weighted by Crippen LogP contribution is 2.30. The van der Waals surface area contributed by atoms with Crippen molar-refractivity contribution in [1.29, 1.82) is 0 Å². The van der Waals surface area contributed by atoms with Gasteiger partial charge in [-0.1, -0.05) is 17.7 Å². The molecule has 0 spiro atoms. The number of hydrogen-bond donors (Lipinski definition) is 1. The number of aromatic nitrogens is 1. The van der Waals surface area contributed by atoms with Crippen LogP contribution in [-0.2, 0) is 16.9 Å². The van der Waals surface area contributed by atoms with Crippen LogP contribution in [0.3, 0.4) is 0 Å². The lowest BCUT2D eigenvalue weighted by molar-refractivity contribution is -0.131. The Labute approximate surface area is 137 Å². The number of nitrogens with zero attached hydrogens (tertiary/aromatic N) is 2. The van der Waals surface area contributed by atoms with E-state index < -0.39 is 23.3 Å². The fraction of sp³-hybridized carbons (Fsp3) is 0.188. The van der Waals surface area contributed by atoms with Crippen molar-refractivity contribution in [3.63, 3.8) is 0 Å². The highest BCUT2D eigenvalue weighted by atomic mass is 35.5. The van der Waals surface area contributed by atoms with Crippen LogP contribution < -0.4 is 5.32 Å². The molecule has 0 bridgehead atoms. The third kappa shape index (κ3) is 2.66. The standard InChI is InChI=1S/C16H13ClFN3O2/c1-16(11-3-2-6-19-8-11)14(22)21(15(23)20-16)9-10-7-12(18)4-5-13(10)17/h2-8H,9H2,1H3,(H,20,23). The molecule has 2 aromatic rings. The zero-order valence-electron chi connectivity index (χ0n) is 12.2. The van der Waals surface area contributed by atoms with E-state index in [0.29, 0.717) is 16.1 Å². The molecule has 1 N–H and O–H groups in total. The number of urea groups is 1. The smallest absolute Gasteiger partial charge is 0.319 e. The van der Waals surface area contributed by atoms with Gasteiger partial charge in [-0.15, -0.1) is 0 Å². The van der Waals surface area contributed by atoms with Crippen molar-refractivity contribution in [3.05, 3.63) is 64.7 Å². The number of carbonyl (C=O) groups is 2. The summed E-state index contributed by atoms with van der Waals surface area (Å²) in [5.41, 5.74) is -0.262. The van der Waals surface area contributed by atoms with Crippen LogP contribution in [0.25, 0.3) is 0 Å². The fourth-order valence-corrected chi connectivity index (χ4v) is 2.71. The van der Waals surface area contributed by atoms with Gasteiger partial charge in [0, 0.05) is 23.0 Å². The van der Waals surface area contributed by atoms with Gasteiger partial charge in [0.15, 0.2) is 0 Å². The van der Waals surface area contributed by atoms with Crippen LogP contribution in [0.2, 0.25) is 5.02 Å². The SMILES string of the molecule is CC1(c2cccnc2)NC(=O)N(Cc2cc(F)ccc2Cl)C1=O. The molecule has 3 amide bonds. The Balaban J connectivity index is 1.92. The lowest BCUT2D eigenvalue weighted by Crippen LogP contribution is -2.40. The second kappa shape index (κ2) is 5.62. The monoisotopic (exact) mass is 333 g/mol. The first-order valence-electron chi connectivity index (χ1n) is 6.90. The molecule has 1 unspecified atom stereocenters. The Morgan fingerprint density at radius 2 is 2.13 bits per heavy atom. The predicted octanol–water partition coefficient (Wildman–Crippen LogP) is 2.84. The third-order valence-corrected chi connectivity index (χ3v) is 4.22. The minimum atomic E-state index is -1.20. The van der Waals surface area contributed by atoms with E-state index in [-0.39, 0.29) is 6.54 Å². The molecule has 0 aliphatic carbocycles. The molecule has 1 fully saturated rings. The van der Waals surface area contributed by atoms with Crippen molar-refractivity contribution in [1.82, 2.24) is 15.2 Å². The average Bonchev–Trinajstić information content (AvgIpc) is 2.76. The van der Waals surface area contributed by atoms with Gasteiger partial charge in [0.05, 0.1) is 6.54 Å². The van der Waals surface area contributed by atoms with E-state index in [2.05, 4.69) is 10.3 Å². The van der Waals surface area contributed by atoms with Crippen LogP contribution in [-0.4, -0.2) is 21.8 Å². The lowest BCUT2D eigenvalue weighted by Gasteiger charge is -2.21. The van der Waals surface area contributed by atoms with Crippen molar-refractivity contribution in [3.8, 4) is 0 Å². The number of carbonyl (C=O) groups excluding carboxylic acids is 2. The summed E-state index contributed by atoms with van der Waals surface area (Å²) < 4.78 is 13.4. The van der Waals surface area contributed by atoms with Crippen LogP contribution >= 0.6 is 11.6 Å². The number of pyridine rings is 1. The zero-order chi connectivity index (χ0) is 16.6. The number of benzene rings is 1. The molecule has 2 heterocycles. The summed E-state index contributed by atoms with van der Waals surface area (Å²) in [6.45, 7) is 1.51. The van der Waals surface area contributed by atoms with Gasteiger partial charge in [-0.05, 0) is 36.8 Å². The first-order chi connectivity index (χ1) is 10.9. The van der Waals surface area contributed by atoms with E-state index in [1.807, 2.05) is 0 Å². The lowest BCUT2D eigenvalue weighted by atomic mass is 9.93. The van der Waals surface area contributed by atoms with Gasteiger partial charge < -0.3 is 5.32 Å². The molecule has 1 aliphatic heterocycles. The summed E-state index contributed by atoms with van der Waals surface area (Å²) in [5, 5.41) is 2.95. The van der Waals surface area contributed by atoms with Gasteiger partial charge in [-0.3, -0.25) is 14.7 Å². The molecule has 3 rings (SSSR count). The topological polar surface area (TPSA) is 62.3 Å². The van der Waals surface area contributed by atoms with Crippen LogP contribution in [0.5, 0.6) is 0 Å². The van der Waals surface area contributed by atoms with Crippen molar-refractivity contribution >= 4 is 23.5 Å². The van der Waals surface area contributed by atoms with Crippen molar-refractivity contribution in [2.45, 2.75) is 19.0 Å². The van der Waals surface area contributed by atoms with Crippen LogP contribution in [0.4, 0.5) is 9.18 Å². The number of amides is 3. The summed E-state index contributed by atoms with van der Waals surface area (Å²) in [6, 6.07) is 6.67. The maximum Gasteiger partial charge on any atom is 0.325 e. The van der Waals surface area contributed by atoms with E-state index in [1.165, 1.54) is 24.4 Å². The van der Waals surface area contributed by atoms with E-state index in [4.69, 9.17) is 11.6 Å². The second-order valence-corrected chi connectivity index (χ2v) is 5.83. The molecular formula is C16H13ClFN3O2. The molecule has 1 saturated heterocycles. The minimum Gasteiger partial charge on any atom is -0.319 e. The maximum absolute atomic E-state index is 13.4. The van der Waals surface area contributed by atoms with Gasteiger partial charge in [0.2, 0.25) is 0 Å². The minimum absolute atomic E-state index is 0.100. The van der Waals surface area contributed by atoms with Crippen molar-refractivity contribution in [2.75, 3.05) is 0 Å². The maximum atomic E-state index is 13.4. The molecule has 1 aliphatic rings. The number of nitrogens with one attached hydrogen (secondary N) is 1. The summed E-state index contributed by atoms with van der Waals surface area (Å²) in [4.78, 5) is 29.9. The Morgan fingerprint density at radius 3 is 2.83 bits per heavy atom. The summed E-state index contributed by atoms with van der Waals surface area (Å²) in [6.07, 6.45) is 3.11. The van der Waals surface area contributed by atoms with Gasteiger partial charge in [0.1, 0.15) is 11.4 Å². The predicted molar refractivity (Wildman–Crippen MR) is 82.1 cm³/mol. The summed E-state index contributed by atoms with van der Waals surface area (Å²) >= 11 is 6.01. The van der Waals surface area contributed by atoms with Crippen LogP contribution in [0.15, 0.2) is 42.7 Å². The third-order valence-electron chi connectivity index (χ3n) is 3.85. The van der Waals surface area contributed by atoms with Crippen LogP contribution in [0, 0.1) is 5.82 Å². The summed E-state index contributed by atoms with van der Waals surface area (Å²) in [5.74, 6) is -0.915. The van der Waals surface area contributed by atoms with Crippen molar-refractivity contribution < 1.29 is 14.0 Å². The van der Waals surface area contributed by atoms with Gasteiger partial charge in [-0.25, -0.2) is 9.18 Å². The van der Waals surface area contributed by atoms with E-state index in [1.54, 1.807) is 25.3 Å². The molecule has 5 nitrogen and oxygen atoms in total. The van der Waals surface area contributed by atoms with Gasteiger partial charge >= 0.3 is 6.03 Å². The number of hydrogen-bond acceptors (Lipinski definition) is 3. The fourth-order valence-electron chi connectivity index (χ4n) is 2.53. The largest absolute Gasteiger partial charge is 0.325 e. The Kier molecular flexibility index (Phi) is 3.77. The Morgan fingerprint density at radius 1 is 1.35 bits per heavy atom. The molecule has 1 aromatic carbocycles. The molecular weight excluding hydrogens is 321 g/mol. The zero-order valence-corrected chi connectivity index (χ0v) is 13.0. The highest BCUT2D eigenvalue weighted by molar-refractivity contribution is 6.31. The molecule has 0 radical (unpaired) electrons. The Bertz CT molecular complexity index is 784. The number of halogens is 2. The first kappa shape index (κ1) is 15.4. The van der Waals surface area contributed by atoms with Crippen LogP contribution in [0.1, 0.15) is 18.1 Å². The van der Waals surface area contributed by atoms with Crippen molar-refractivity contribution in [2.24, 2.45) is 0 Å². The first-order valence-corrected chi connectivity index (χ1v) is 7.28. The molecule has 23 heavy (non-hydrogen) atoms. The van der Waals surface area contributed by atoms with E-state index in [9.17, 15) is 14.0 Å². The van der Waals surface area contributed by atoms with Gasteiger partial charge in [-0.2, -0.15) is 0 Å². The number of imide groups is 1. The second-order valence-electron chi connectivity index (χ2n) is 5.42. The number of rotatable bonds is 3. The Hall–Kier alpha value is -2.47. The van der Waals surface area contributed by atoms with E-state index in [0.717, 1.165) is 4.90 Å². The molecule has 1 aromatic heterocycles. The normalized spacial score (nSPS) is 20.7. The molecule has 7 heteroatoms. The quantitative estimate of drug-likeness (QED) is 0.879. The van der Waals surface area contributed by atoms with E-state index >= 15 is 0 Å². The highest BCUT2D eigenvalue weighted by Gasteiger charge is 2.49. The molecule has 1 atom stereocenters.